The monoisotopic (exact) mass is 431 g/mol. The van der Waals surface area contributed by atoms with E-state index >= 15 is 0 Å². The number of fused-ring (bicyclic) bond motifs is 1. The number of methoxy groups -OCH3 is 1. The maximum absolute atomic E-state index is 12.9. The molecule has 0 aliphatic heterocycles. The van der Waals surface area contributed by atoms with Gasteiger partial charge in [0.1, 0.15) is 11.5 Å². The first-order chi connectivity index (χ1) is 15.5. The van der Waals surface area contributed by atoms with Gasteiger partial charge in [-0.3, -0.25) is 4.79 Å². The minimum atomic E-state index is -0.347. The van der Waals surface area contributed by atoms with Crippen LogP contribution in [0.1, 0.15) is 35.7 Å². The summed E-state index contributed by atoms with van der Waals surface area (Å²) in [6.45, 7) is 6.37. The third-order valence-electron chi connectivity index (χ3n) is 5.19. The summed E-state index contributed by atoms with van der Waals surface area (Å²) in [5.74, 6) is 1.18. The molecule has 0 unspecified atom stereocenters. The number of aromatic nitrogens is 4. The first kappa shape index (κ1) is 21.3. The molecule has 0 fully saturated rings. The van der Waals surface area contributed by atoms with Crippen molar-refractivity contribution in [3.63, 3.8) is 0 Å². The van der Waals surface area contributed by atoms with E-state index in [2.05, 4.69) is 15.5 Å². The van der Waals surface area contributed by atoms with E-state index in [0.29, 0.717) is 23.6 Å². The van der Waals surface area contributed by atoms with Crippen LogP contribution < -0.4 is 14.8 Å². The van der Waals surface area contributed by atoms with Gasteiger partial charge in [-0.1, -0.05) is 19.1 Å². The zero-order valence-corrected chi connectivity index (χ0v) is 18.5. The summed E-state index contributed by atoms with van der Waals surface area (Å²) in [5, 5.41) is 16.2. The van der Waals surface area contributed by atoms with Crippen LogP contribution in [0.4, 0.5) is 5.69 Å². The Bertz CT molecular complexity index is 1250. The van der Waals surface area contributed by atoms with Gasteiger partial charge < -0.3 is 14.8 Å². The third-order valence-corrected chi connectivity index (χ3v) is 5.19. The number of hydrogen-bond acceptors (Lipinski definition) is 6. The maximum Gasteiger partial charge on any atom is 0.278 e. The molecular weight excluding hydrogens is 406 g/mol. The molecular formula is C24H25N5O3. The van der Waals surface area contributed by atoms with Crippen LogP contribution >= 0.6 is 0 Å². The normalized spacial score (nSPS) is 10.9. The molecule has 1 N–H and O–H groups in total. The first-order valence-electron chi connectivity index (χ1n) is 10.5. The summed E-state index contributed by atoms with van der Waals surface area (Å²) in [5.41, 5.74) is 4.86. The number of anilines is 1. The lowest BCUT2D eigenvalue weighted by atomic mass is 10.0. The van der Waals surface area contributed by atoms with Gasteiger partial charge in [-0.05, 0) is 62.2 Å². The van der Waals surface area contributed by atoms with E-state index in [4.69, 9.17) is 14.6 Å². The van der Waals surface area contributed by atoms with Crippen molar-refractivity contribution in [1.29, 1.82) is 0 Å². The highest BCUT2D eigenvalue weighted by molar-refractivity contribution is 6.03. The van der Waals surface area contributed by atoms with Crippen molar-refractivity contribution in [2.45, 2.75) is 27.2 Å². The number of carbonyl (C=O) groups is 1. The van der Waals surface area contributed by atoms with E-state index in [9.17, 15) is 4.79 Å². The quantitative estimate of drug-likeness (QED) is 0.469. The maximum atomic E-state index is 12.9. The Morgan fingerprint density at radius 3 is 2.31 bits per heavy atom. The van der Waals surface area contributed by atoms with E-state index in [1.165, 1.54) is 0 Å². The van der Waals surface area contributed by atoms with Crippen molar-refractivity contribution in [1.82, 2.24) is 19.8 Å². The topological polar surface area (TPSA) is 90.6 Å². The number of rotatable bonds is 7. The Labute approximate surface area is 186 Å². The van der Waals surface area contributed by atoms with Gasteiger partial charge in [0.2, 0.25) is 0 Å². The number of benzene rings is 2. The standard InChI is InChI=1S/C24H25N5O3/c1-5-20-21(16-7-11-18(31-4)12-8-16)23-27-26-22(15(3)29(23)28-20)24(30)25-17-9-13-19(14-10-17)32-6-2/h7-14H,5-6H2,1-4H3,(H,25,30). The number of ether oxygens (including phenoxy) is 2. The molecule has 8 heteroatoms. The van der Waals surface area contributed by atoms with E-state index in [1.807, 2.05) is 57.2 Å². The van der Waals surface area contributed by atoms with Crippen LogP contribution in [0, 0.1) is 6.92 Å². The summed E-state index contributed by atoms with van der Waals surface area (Å²) in [6, 6.07) is 14.9. The smallest absolute Gasteiger partial charge is 0.278 e. The van der Waals surface area contributed by atoms with Crippen molar-refractivity contribution in [3.8, 4) is 22.6 Å². The van der Waals surface area contributed by atoms with E-state index in [1.54, 1.807) is 23.8 Å². The van der Waals surface area contributed by atoms with Crippen molar-refractivity contribution >= 4 is 17.2 Å². The zero-order valence-electron chi connectivity index (χ0n) is 18.5. The minimum absolute atomic E-state index is 0.220. The van der Waals surface area contributed by atoms with Gasteiger partial charge in [-0.15, -0.1) is 10.2 Å². The molecule has 0 atom stereocenters. The molecule has 164 valence electrons. The molecule has 0 radical (unpaired) electrons. The van der Waals surface area contributed by atoms with Crippen LogP contribution in [0.2, 0.25) is 0 Å². The van der Waals surface area contributed by atoms with E-state index in [0.717, 1.165) is 34.7 Å². The molecule has 2 aromatic heterocycles. The first-order valence-corrected chi connectivity index (χ1v) is 10.5. The van der Waals surface area contributed by atoms with Gasteiger partial charge in [0.25, 0.3) is 5.91 Å². The van der Waals surface area contributed by atoms with Crippen molar-refractivity contribution in [2.24, 2.45) is 0 Å². The Morgan fingerprint density at radius 2 is 1.69 bits per heavy atom. The van der Waals surface area contributed by atoms with E-state index in [-0.39, 0.29) is 11.6 Å². The number of aryl methyl sites for hydroxylation is 2. The van der Waals surface area contributed by atoms with Crippen LogP contribution in [0.5, 0.6) is 11.5 Å². The molecule has 4 aromatic rings. The molecule has 0 saturated carbocycles. The number of hydrogen-bond donors (Lipinski definition) is 1. The molecule has 2 heterocycles. The molecule has 1 amide bonds. The van der Waals surface area contributed by atoms with Crippen molar-refractivity contribution in [2.75, 3.05) is 19.0 Å². The molecule has 8 nitrogen and oxygen atoms in total. The lowest BCUT2D eigenvalue weighted by Crippen LogP contribution is -2.18. The van der Waals surface area contributed by atoms with Gasteiger partial charge in [-0.2, -0.15) is 5.10 Å². The van der Waals surface area contributed by atoms with Crippen LogP contribution in [0.15, 0.2) is 48.5 Å². The number of amides is 1. The largest absolute Gasteiger partial charge is 0.497 e. The molecule has 2 aromatic carbocycles. The fourth-order valence-electron chi connectivity index (χ4n) is 3.55. The van der Waals surface area contributed by atoms with Gasteiger partial charge in [-0.25, -0.2) is 4.52 Å². The lowest BCUT2D eigenvalue weighted by Gasteiger charge is -2.09. The van der Waals surface area contributed by atoms with Crippen LogP contribution in [0.3, 0.4) is 0 Å². The molecule has 0 aliphatic carbocycles. The van der Waals surface area contributed by atoms with Crippen molar-refractivity contribution in [3.05, 3.63) is 65.6 Å². The van der Waals surface area contributed by atoms with Crippen molar-refractivity contribution < 1.29 is 14.3 Å². The van der Waals surface area contributed by atoms with Crippen LogP contribution in [-0.4, -0.2) is 39.4 Å². The fraction of sp³-hybridized carbons (Fsp3) is 0.250. The Balaban J connectivity index is 1.68. The Morgan fingerprint density at radius 1 is 1.00 bits per heavy atom. The summed E-state index contributed by atoms with van der Waals surface area (Å²) in [4.78, 5) is 12.9. The van der Waals surface area contributed by atoms with Gasteiger partial charge in [0.05, 0.1) is 30.7 Å². The second-order valence-electron chi connectivity index (χ2n) is 7.18. The third kappa shape index (κ3) is 3.99. The molecule has 0 saturated heterocycles. The highest BCUT2D eigenvalue weighted by Gasteiger charge is 2.21. The predicted molar refractivity (Wildman–Crippen MR) is 122 cm³/mol. The molecule has 4 rings (SSSR count). The summed E-state index contributed by atoms with van der Waals surface area (Å²) < 4.78 is 12.4. The van der Waals surface area contributed by atoms with Gasteiger partial charge in [0.15, 0.2) is 11.3 Å². The van der Waals surface area contributed by atoms with Gasteiger partial charge >= 0.3 is 0 Å². The summed E-state index contributed by atoms with van der Waals surface area (Å²) >= 11 is 0. The summed E-state index contributed by atoms with van der Waals surface area (Å²) in [7, 11) is 1.64. The second kappa shape index (κ2) is 9.05. The average Bonchev–Trinajstić information content (AvgIpc) is 3.20. The van der Waals surface area contributed by atoms with Crippen LogP contribution in [-0.2, 0) is 6.42 Å². The van der Waals surface area contributed by atoms with Crippen LogP contribution in [0.25, 0.3) is 16.8 Å². The van der Waals surface area contributed by atoms with E-state index < -0.39 is 0 Å². The predicted octanol–water partition coefficient (Wildman–Crippen LogP) is 4.32. The SMILES string of the molecule is CCOc1ccc(NC(=O)c2nnc3c(-c4ccc(OC)cc4)c(CC)nn3c2C)cc1. The number of nitrogens with zero attached hydrogens (tertiary/aromatic N) is 4. The molecule has 0 bridgehead atoms. The molecule has 0 spiro atoms. The fourth-order valence-corrected chi connectivity index (χ4v) is 3.55. The molecule has 0 aliphatic rings. The highest BCUT2D eigenvalue weighted by atomic mass is 16.5. The zero-order chi connectivity index (χ0) is 22.7. The highest BCUT2D eigenvalue weighted by Crippen LogP contribution is 2.30. The number of carbonyl (C=O) groups excluding carboxylic acids is 1. The summed E-state index contributed by atoms with van der Waals surface area (Å²) in [6.07, 6.45) is 0.720. The Hall–Kier alpha value is -3.94. The minimum Gasteiger partial charge on any atom is -0.497 e. The molecule has 32 heavy (non-hydrogen) atoms. The average molecular weight is 431 g/mol. The lowest BCUT2D eigenvalue weighted by molar-refractivity contribution is 0.102. The Kier molecular flexibility index (Phi) is 6.02. The van der Waals surface area contributed by atoms with Gasteiger partial charge in [0, 0.05) is 5.69 Å². The number of nitrogens with one attached hydrogen (secondary N) is 1. The second-order valence-corrected chi connectivity index (χ2v) is 7.18.